The van der Waals surface area contributed by atoms with Crippen molar-refractivity contribution in [2.45, 2.75) is 43.8 Å². The Balaban J connectivity index is 1.85. The number of esters is 1. The van der Waals surface area contributed by atoms with Gasteiger partial charge in [0.15, 0.2) is 0 Å². The Morgan fingerprint density at radius 1 is 1.37 bits per heavy atom. The van der Waals surface area contributed by atoms with E-state index in [0.29, 0.717) is 12.3 Å². The molecule has 2 aliphatic rings. The van der Waals surface area contributed by atoms with Crippen molar-refractivity contribution >= 4 is 16.1 Å². The minimum Gasteiger partial charge on any atom is -0.460 e. The van der Waals surface area contributed by atoms with Crippen LogP contribution in [0.5, 0.6) is 0 Å². The molecule has 0 atom stereocenters. The summed E-state index contributed by atoms with van der Waals surface area (Å²) in [7, 11) is -5.77. The van der Waals surface area contributed by atoms with Crippen molar-refractivity contribution in [3.63, 3.8) is 0 Å². The molecular formula is C11H16F2O5S. The number of carbonyl (C=O) groups is 1. The van der Waals surface area contributed by atoms with E-state index in [-0.39, 0.29) is 12.0 Å². The van der Waals surface area contributed by atoms with Gasteiger partial charge in [0.25, 0.3) is 0 Å². The first-order chi connectivity index (χ1) is 8.66. The van der Waals surface area contributed by atoms with Gasteiger partial charge in [-0.2, -0.15) is 17.2 Å². The van der Waals surface area contributed by atoms with Crippen molar-refractivity contribution < 1.29 is 31.3 Å². The average Bonchev–Trinajstić information content (AvgIpc) is 2.87. The molecule has 0 saturated heterocycles. The zero-order valence-electron chi connectivity index (χ0n) is 10.3. The predicted octanol–water partition coefficient (Wildman–Crippen LogP) is 1.98. The lowest BCUT2D eigenvalue weighted by Crippen LogP contribution is -2.39. The first-order valence-electron chi connectivity index (χ1n) is 6.18. The highest BCUT2D eigenvalue weighted by atomic mass is 32.2. The molecule has 2 aliphatic carbocycles. The second kappa shape index (κ2) is 4.66. The smallest absolute Gasteiger partial charge is 0.460 e. The maximum atomic E-state index is 12.9. The Bertz CT molecular complexity index is 465. The SMILES string of the molecule is O=C(OCCC12CCC(CC1)C2)C(F)(F)S(=O)(=O)O. The Morgan fingerprint density at radius 3 is 2.37 bits per heavy atom. The molecule has 0 heterocycles. The highest BCUT2D eigenvalue weighted by Gasteiger charge is 2.54. The van der Waals surface area contributed by atoms with Crippen LogP contribution >= 0.6 is 0 Å². The summed E-state index contributed by atoms with van der Waals surface area (Å²) in [6.45, 7) is -0.239. The lowest BCUT2D eigenvalue weighted by Gasteiger charge is -2.26. The monoisotopic (exact) mass is 298 g/mol. The topological polar surface area (TPSA) is 80.7 Å². The van der Waals surface area contributed by atoms with Crippen LogP contribution in [-0.2, 0) is 19.6 Å². The third kappa shape index (κ3) is 2.74. The molecule has 2 saturated carbocycles. The van der Waals surface area contributed by atoms with Crippen LogP contribution in [-0.4, -0.2) is 30.8 Å². The van der Waals surface area contributed by atoms with Gasteiger partial charge in [-0.15, -0.1) is 0 Å². The summed E-state index contributed by atoms with van der Waals surface area (Å²) in [5.74, 6) is -1.52. The number of fused-ring (bicyclic) bond motifs is 2. The highest BCUT2D eigenvalue weighted by molar-refractivity contribution is 7.87. The van der Waals surface area contributed by atoms with Gasteiger partial charge in [0.2, 0.25) is 0 Å². The van der Waals surface area contributed by atoms with Gasteiger partial charge in [0.05, 0.1) is 6.61 Å². The second-order valence-electron chi connectivity index (χ2n) is 5.53. The third-order valence-electron chi connectivity index (χ3n) is 4.31. The zero-order valence-corrected chi connectivity index (χ0v) is 11.1. The van der Waals surface area contributed by atoms with E-state index in [4.69, 9.17) is 4.55 Å². The van der Waals surface area contributed by atoms with Crippen molar-refractivity contribution in [2.24, 2.45) is 11.3 Å². The second-order valence-corrected chi connectivity index (χ2v) is 6.99. The van der Waals surface area contributed by atoms with E-state index >= 15 is 0 Å². The van der Waals surface area contributed by atoms with Crippen molar-refractivity contribution in [3.8, 4) is 0 Å². The molecule has 0 aromatic carbocycles. The first-order valence-corrected chi connectivity index (χ1v) is 7.62. The van der Waals surface area contributed by atoms with Crippen molar-refractivity contribution in [1.29, 1.82) is 0 Å². The molecule has 0 radical (unpaired) electrons. The molecule has 0 aliphatic heterocycles. The van der Waals surface area contributed by atoms with E-state index in [9.17, 15) is 22.0 Å². The minimum atomic E-state index is -5.77. The van der Waals surface area contributed by atoms with Crippen LogP contribution in [0.15, 0.2) is 0 Å². The summed E-state index contributed by atoms with van der Waals surface area (Å²) in [5.41, 5.74) is 0.0678. The van der Waals surface area contributed by atoms with Crippen LogP contribution in [0.4, 0.5) is 8.78 Å². The average molecular weight is 298 g/mol. The summed E-state index contributed by atoms with van der Waals surface area (Å²) in [6, 6.07) is 0. The van der Waals surface area contributed by atoms with Crippen LogP contribution in [0.2, 0.25) is 0 Å². The largest absolute Gasteiger partial charge is 0.465 e. The Kier molecular flexibility index (Phi) is 3.59. The molecule has 2 bridgehead atoms. The molecule has 110 valence electrons. The molecular weight excluding hydrogens is 282 g/mol. The molecule has 1 N–H and O–H groups in total. The van der Waals surface area contributed by atoms with Crippen molar-refractivity contribution in [3.05, 3.63) is 0 Å². The fraction of sp³-hybridized carbons (Fsp3) is 0.909. The highest BCUT2D eigenvalue weighted by Crippen LogP contribution is 2.55. The summed E-state index contributed by atoms with van der Waals surface area (Å²) in [6.07, 6.45) is 5.74. The molecule has 0 unspecified atom stereocenters. The van der Waals surface area contributed by atoms with Gasteiger partial charge in [0, 0.05) is 0 Å². The molecule has 0 spiro atoms. The summed E-state index contributed by atoms with van der Waals surface area (Å²) in [5, 5.41) is -4.89. The van der Waals surface area contributed by atoms with Gasteiger partial charge in [-0.05, 0) is 49.9 Å². The summed E-state index contributed by atoms with van der Waals surface area (Å²) in [4.78, 5) is 11.0. The lowest BCUT2D eigenvalue weighted by molar-refractivity contribution is -0.162. The molecule has 0 aromatic heterocycles. The summed E-state index contributed by atoms with van der Waals surface area (Å²) >= 11 is 0. The van der Waals surface area contributed by atoms with Crippen LogP contribution in [0.25, 0.3) is 0 Å². The molecule has 8 heteroatoms. The Labute approximate surface area is 110 Å². The van der Waals surface area contributed by atoms with Gasteiger partial charge in [-0.3, -0.25) is 4.55 Å². The van der Waals surface area contributed by atoms with Gasteiger partial charge < -0.3 is 4.74 Å². The molecule has 2 fully saturated rings. The quantitative estimate of drug-likeness (QED) is 0.620. The number of ether oxygens (including phenoxy) is 1. The van der Waals surface area contributed by atoms with E-state index in [2.05, 4.69) is 4.74 Å². The molecule has 19 heavy (non-hydrogen) atoms. The molecule has 0 amide bonds. The van der Waals surface area contributed by atoms with Gasteiger partial charge >= 0.3 is 21.3 Å². The van der Waals surface area contributed by atoms with Crippen molar-refractivity contribution in [1.82, 2.24) is 0 Å². The number of alkyl halides is 2. The number of halogens is 2. The van der Waals surface area contributed by atoms with Crippen LogP contribution in [0.3, 0.4) is 0 Å². The van der Waals surface area contributed by atoms with Crippen molar-refractivity contribution in [2.75, 3.05) is 6.61 Å². The zero-order chi connectivity index (χ0) is 14.3. The molecule has 0 aromatic rings. The number of rotatable bonds is 5. The van der Waals surface area contributed by atoms with E-state index in [0.717, 1.165) is 32.1 Å². The number of carbonyl (C=O) groups excluding carboxylic acids is 1. The predicted molar refractivity (Wildman–Crippen MR) is 61.1 cm³/mol. The van der Waals surface area contributed by atoms with Gasteiger partial charge in [-0.1, -0.05) is 0 Å². The Morgan fingerprint density at radius 2 is 1.95 bits per heavy atom. The minimum absolute atomic E-state index is 0.0678. The molecule has 5 nitrogen and oxygen atoms in total. The van der Waals surface area contributed by atoms with E-state index < -0.39 is 21.3 Å². The van der Waals surface area contributed by atoms with Crippen LogP contribution in [0, 0.1) is 11.3 Å². The normalized spacial score (nSPS) is 30.6. The number of hydrogen-bond donors (Lipinski definition) is 1. The Hall–Kier alpha value is -0.760. The van der Waals surface area contributed by atoms with E-state index in [1.165, 1.54) is 0 Å². The third-order valence-corrected chi connectivity index (χ3v) is 5.13. The molecule has 2 rings (SSSR count). The maximum Gasteiger partial charge on any atom is 0.465 e. The van der Waals surface area contributed by atoms with Crippen LogP contribution < -0.4 is 0 Å². The maximum absolute atomic E-state index is 12.9. The standard InChI is InChI=1S/C11H16F2O5S/c12-11(13,19(15,16)17)9(14)18-6-5-10-3-1-8(7-10)2-4-10/h8H,1-7H2,(H,15,16,17). The lowest BCUT2D eigenvalue weighted by atomic mass is 9.81. The van der Waals surface area contributed by atoms with Gasteiger partial charge in [0.1, 0.15) is 0 Å². The summed E-state index contributed by atoms with van der Waals surface area (Å²) < 4.78 is 59.0. The number of hydrogen-bond acceptors (Lipinski definition) is 4. The van der Waals surface area contributed by atoms with E-state index in [1.54, 1.807) is 0 Å². The fourth-order valence-corrected chi connectivity index (χ4v) is 3.48. The first kappa shape index (κ1) is 14.6. The fourth-order valence-electron chi connectivity index (χ4n) is 3.21. The van der Waals surface area contributed by atoms with Gasteiger partial charge in [-0.25, -0.2) is 4.79 Å². The van der Waals surface area contributed by atoms with Crippen LogP contribution in [0.1, 0.15) is 38.5 Å². The van der Waals surface area contributed by atoms with E-state index in [1.807, 2.05) is 0 Å².